The molecule has 3 heterocycles. The first-order valence-corrected chi connectivity index (χ1v) is 7.81. The van der Waals surface area contributed by atoms with Crippen molar-refractivity contribution in [2.24, 2.45) is 0 Å². The number of imidazole rings is 1. The van der Waals surface area contributed by atoms with Gasteiger partial charge in [0.05, 0.1) is 36.1 Å². The van der Waals surface area contributed by atoms with Crippen LogP contribution in [0, 0.1) is 0 Å². The summed E-state index contributed by atoms with van der Waals surface area (Å²) in [6.07, 6.45) is 1.72. The van der Waals surface area contributed by atoms with E-state index in [0.717, 1.165) is 34.0 Å². The number of aromatic amines is 1. The molecule has 8 heteroatoms. The van der Waals surface area contributed by atoms with Gasteiger partial charge in [-0.2, -0.15) is 9.61 Å². The van der Waals surface area contributed by atoms with Gasteiger partial charge < -0.3 is 15.0 Å². The summed E-state index contributed by atoms with van der Waals surface area (Å²) in [5.41, 5.74) is 3.40. The molecule has 0 unspecified atom stereocenters. The lowest BCUT2D eigenvalue weighted by molar-refractivity contribution is 0.181. The Labute approximate surface area is 142 Å². The molecule has 0 fully saturated rings. The fourth-order valence-electron chi connectivity index (χ4n) is 2.61. The van der Waals surface area contributed by atoms with Gasteiger partial charge in [0.15, 0.2) is 5.65 Å². The third-order valence-electron chi connectivity index (χ3n) is 3.63. The van der Waals surface area contributed by atoms with Gasteiger partial charge in [0.1, 0.15) is 11.6 Å². The maximum Gasteiger partial charge on any atom is 0.157 e. The van der Waals surface area contributed by atoms with Crippen LogP contribution in [0.5, 0.6) is 0 Å². The number of hydrogen-bond donors (Lipinski definition) is 2. The fraction of sp³-hybridized carbons (Fsp3) is 0.188. The molecule has 0 spiro atoms. The van der Waals surface area contributed by atoms with E-state index in [1.807, 2.05) is 30.3 Å². The van der Waals surface area contributed by atoms with E-state index in [9.17, 15) is 0 Å². The first-order valence-electron chi connectivity index (χ1n) is 7.43. The number of ether oxygens (including phenoxy) is 1. The number of hydrogen-bond acceptors (Lipinski definition) is 5. The molecule has 0 aliphatic heterocycles. The molecule has 0 bridgehead atoms. The van der Waals surface area contributed by atoms with Gasteiger partial charge in [0.2, 0.25) is 0 Å². The minimum atomic E-state index is 0.444. The molecule has 0 saturated carbocycles. The van der Waals surface area contributed by atoms with Crippen LogP contribution in [0.25, 0.3) is 16.7 Å². The molecular weight excluding hydrogens is 328 g/mol. The Balaban J connectivity index is 1.62. The van der Waals surface area contributed by atoms with Gasteiger partial charge in [-0.3, -0.25) is 0 Å². The average Bonchev–Trinajstić information content (AvgIpc) is 3.18. The zero-order valence-electron chi connectivity index (χ0n) is 13.0. The van der Waals surface area contributed by atoms with Crippen LogP contribution in [0.2, 0.25) is 5.02 Å². The molecule has 0 amide bonds. The summed E-state index contributed by atoms with van der Waals surface area (Å²) in [7, 11) is 1.65. The Morgan fingerprint density at radius 2 is 2.17 bits per heavy atom. The molecule has 122 valence electrons. The van der Waals surface area contributed by atoms with Crippen molar-refractivity contribution in [3.05, 3.63) is 53.1 Å². The van der Waals surface area contributed by atoms with Crippen LogP contribution in [-0.2, 0) is 17.9 Å². The van der Waals surface area contributed by atoms with E-state index in [2.05, 4.69) is 25.4 Å². The van der Waals surface area contributed by atoms with Gasteiger partial charge >= 0.3 is 0 Å². The lowest BCUT2D eigenvalue weighted by Gasteiger charge is -2.09. The van der Waals surface area contributed by atoms with Crippen molar-refractivity contribution >= 4 is 34.1 Å². The predicted octanol–water partition coefficient (Wildman–Crippen LogP) is 3.02. The van der Waals surface area contributed by atoms with E-state index in [1.54, 1.807) is 17.8 Å². The molecule has 0 aliphatic carbocycles. The second-order valence-electron chi connectivity index (χ2n) is 5.37. The van der Waals surface area contributed by atoms with Crippen molar-refractivity contribution in [1.82, 2.24) is 24.6 Å². The molecule has 0 radical (unpaired) electrons. The van der Waals surface area contributed by atoms with Crippen LogP contribution in [0.4, 0.5) is 5.82 Å². The zero-order chi connectivity index (χ0) is 16.5. The molecule has 0 aliphatic rings. The van der Waals surface area contributed by atoms with Crippen molar-refractivity contribution in [1.29, 1.82) is 0 Å². The summed E-state index contributed by atoms with van der Waals surface area (Å²) in [5, 5.41) is 8.31. The number of fused-ring (bicyclic) bond motifs is 2. The van der Waals surface area contributed by atoms with E-state index in [1.165, 1.54) is 0 Å². The quantitative estimate of drug-likeness (QED) is 0.582. The van der Waals surface area contributed by atoms with Crippen LogP contribution in [-0.4, -0.2) is 31.7 Å². The predicted molar refractivity (Wildman–Crippen MR) is 92.1 cm³/mol. The summed E-state index contributed by atoms with van der Waals surface area (Å²) in [6, 6.07) is 9.36. The van der Waals surface area contributed by atoms with Crippen LogP contribution in [0.3, 0.4) is 0 Å². The third-order valence-corrected chi connectivity index (χ3v) is 3.87. The molecule has 4 rings (SSSR count). The van der Waals surface area contributed by atoms with Gasteiger partial charge in [-0.05, 0) is 18.2 Å². The van der Waals surface area contributed by atoms with Crippen LogP contribution in [0.15, 0.2) is 36.5 Å². The average molecular weight is 343 g/mol. The van der Waals surface area contributed by atoms with Crippen molar-refractivity contribution in [2.45, 2.75) is 13.2 Å². The number of benzene rings is 1. The monoisotopic (exact) mass is 342 g/mol. The number of H-pyrrole nitrogens is 1. The van der Waals surface area contributed by atoms with E-state index in [4.69, 9.17) is 16.3 Å². The van der Waals surface area contributed by atoms with E-state index in [-0.39, 0.29) is 0 Å². The topological polar surface area (TPSA) is 80.1 Å². The molecule has 24 heavy (non-hydrogen) atoms. The summed E-state index contributed by atoms with van der Waals surface area (Å²) in [6.45, 7) is 0.969. The maximum atomic E-state index is 6.01. The van der Waals surface area contributed by atoms with Gasteiger partial charge in [-0.1, -0.05) is 11.6 Å². The van der Waals surface area contributed by atoms with Gasteiger partial charge in [0, 0.05) is 24.3 Å². The fourth-order valence-corrected chi connectivity index (χ4v) is 2.78. The summed E-state index contributed by atoms with van der Waals surface area (Å²) < 4.78 is 6.92. The summed E-state index contributed by atoms with van der Waals surface area (Å²) in [4.78, 5) is 12.3. The second-order valence-corrected chi connectivity index (χ2v) is 5.80. The number of aromatic nitrogens is 5. The van der Waals surface area contributed by atoms with Gasteiger partial charge in [-0.25, -0.2) is 9.97 Å². The number of halogens is 1. The van der Waals surface area contributed by atoms with Crippen molar-refractivity contribution < 1.29 is 4.74 Å². The largest absolute Gasteiger partial charge is 0.378 e. The Bertz CT molecular complexity index is 1010. The van der Waals surface area contributed by atoms with Gasteiger partial charge in [0.25, 0.3) is 0 Å². The highest BCUT2D eigenvalue weighted by Crippen LogP contribution is 2.18. The van der Waals surface area contributed by atoms with E-state index < -0.39 is 0 Å². The van der Waals surface area contributed by atoms with Crippen molar-refractivity contribution in [2.75, 3.05) is 12.4 Å². The second kappa shape index (κ2) is 6.10. The molecular formula is C16H15ClN6O. The lowest BCUT2D eigenvalue weighted by atomic mass is 10.3. The number of nitrogens with one attached hydrogen (secondary N) is 2. The Morgan fingerprint density at radius 1 is 1.25 bits per heavy atom. The molecule has 2 N–H and O–H groups in total. The van der Waals surface area contributed by atoms with Crippen molar-refractivity contribution in [3.8, 4) is 0 Å². The lowest BCUT2D eigenvalue weighted by Crippen LogP contribution is -2.08. The highest BCUT2D eigenvalue weighted by atomic mass is 35.5. The summed E-state index contributed by atoms with van der Waals surface area (Å²) >= 11 is 6.01. The minimum absolute atomic E-state index is 0.444. The third kappa shape index (κ3) is 2.79. The van der Waals surface area contributed by atoms with Crippen LogP contribution < -0.4 is 5.32 Å². The Morgan fingerprint density at radius 3 is 3.04 bits per heavy atom. The molecule has 3 aromatic heterocycles. The van der Waals surface area contributed by atoms with Crippen molar-refractivity contribution in [3.63, 3.8) is 0 Å². The minimum Gasteiger partial charge on any atom is -0.378 e. The SMILES string of the molecule is COCc1cc(NCc2nc3ccc(Cl)cc3[nH]2)n2nccc2n1. The normalized spacial score (nSPS) is 11.4. The smallest absolute Gasteiger partial charge is 0.157 e. The highest BCUT2D eigenvalue weighted by Gasteiger charge is 2.08. The molecule has 4 aromatic rings. The first kappa shape index (κ1) is 14.9. The number of anilines is 1. The standard InChI is InChI=1S/C16H15ClN6O/c1-24-9-11-7-16(23-15(20-11)4-5-19-23)18-8-14-21-12-3-2-10(17)6-13(12)22-14/h2-7,18H,8-9H2,1H3,(H,21,22). The molecule has 0 atom stereocenters. The first-order chi connectivity index (χ1) is 11.7. The molecule has 0 saturated heterocycles. The Kier molecular flexibility index (Phi) is 3.79. The summed E-state index contributed by atoms with van der Waals surface area (Å²) in [5.74, 6) is 1.65. The molecule has 7 nitrogen and oxygen atoms in total. The van der Waals surface area contributed by atoms with E-state index >= 15 is 0 Å². The van der Waals surface area contributed by atoms with E-state index in [0.29, 0.717) is 18.2 Å². The Hall–Kier alpha value is -2.64. The molecule has 1 aromatic carbocycles. The van der Waals surface area contributed by atoms with Crippen LogP contribution >= 0.6 is 11.6 Å². The zero-order valence-corrected chi connectivity index (χ0v) is 13.7. The highest BCUT2D eigenvalue weighted by molar-refractivity contribution is 6.31. The number of methoxy groups -OCH3 is 1. The number of nitrogens with zero attached hydrogens (tertiary/aromatic N) is 4. The van der Waals surface area contributed by atoms with Crippen LogP contribution in [0.1, 0.15) is 11.5 Å². The van der Waals surface area contributed by atoms with Gasteiger partial charge in [-0.15, -0.1) is 0 Å². The number of rotatable bonds is 5. The maximum absolute atomic E-state index is 6.01.